The second-order valence-electron chi connectivity index (χ2n) is 7.28. The van der Waals surface area contributed by atoms with E-state index in [-0.39, 0.29) is 29.5 Å². The molecule has 1 aromatic heterocycles. The lowest BCUT2D eigenvalue weighted by atomic mass is 10.0. The summed E-state index contributed by atoms with van der Waals surface area (Å²) in [6, 6.07) is 10.7. The fourth-order valence-corrected chi connectivity index (χ4v) is 3.65. The monoisotopic (exact) mass is 427 g/mol. The lowest BCUT2D eigenvalue weighted by Gasteiger charge is -2.26. The van der Waals surface area contributed by atoms with Crippen LogP contribution in [-0.2, 0) is 9.53 Å². The van der Waals surface area contributed by atoms with Crippen LogP contribution in [0.1, 0.15) is 11.1 Å². The number of benzene rings is 2. The number of amides is 1. The lowest BCUT2D eigenvalue weighted by Crippen LogP contribution is -2.43. The maximum Gasteiger partial charge on any atom is 0.260 e. The van der Waals surface area contributed by atoms with Crippen LogP contribution in [0.25, 0.3) is 22.3 Å². The topological polar surface area (TPSA) is 69.0 Å². The number of aryl methyl sites for hydroxylation is 2. The standard InChI is InChI=1S/C23H22ClNO5/c1-14-11-17-19(12-15(14)2)30-22(16-5-3-4-6-18(16)24)23(21(17)27)29-13-20(26)25-7-9-28-10-8-25/h3-6,11-12H,7-10,13H2,1-2H3. The third-order valence-electron chi connectivity index (χ3n) is 5.29. The fraction of sp³-hybridized carbons (Fsp3) is 0.304. The number of hydrogen-bond acceptors (Lipinski definition) is 5. The fourth-order valence-electron chi connectivity index (χ4n) is 3.42. The number of rotatable bonds is 4. The first-order chi connectivity index (χ1) is 14.5. The van der Waals surface area contributed by atoms with Crippen molar-refractivity contribution in [2.75, 3.05) is 32.9 Å². The molecule has 0 unspecified atom stereocenters. The molecule has 2 aromatic carbocycles. The molecule has 0 saturated carbocycles. The van der Waals surface area contributed by atoms with E-state index in [2.05, 4.69) is 0 Å². The summed E-state index contributed by atoms with van der Waals surface area (Å²) in [6.07, 6.45) is 0. The minimum atomic E-state index is -0.330. The van der Waals surface area contributed by atoms with Gasteiger partial charge in [0.15, 0.2) is 12.4 Å². The molecule has 0 spiro atoms. The molecule has 0 radical (unpaired) electrons. The van der Waals surface area contributed by atoms with Crippen molar-refractivity contribution in [1.82, 2.24) is 4.90 Å². The van der Waals surface area contributed by atoms with Gasteiger partial charge >= 0.3 is 0 Å². The quantitative estimate of drug-likeness (QED) is 0.630. The van der Waals surface area contributed by atoms with Gasteiger partial charge in [0.2, 0.25) is 11.2 Å². The van der Waals surface area contributed by atoms with Crippen molar-refractivity contribution in [1.29, 1.82) is 0 Å². The molecule has 1 amide bonds. The largest absolute Gasteiger partial charge is 0.476 e. The number of fused-ring (bicyclic) bond motifs is 1. The molecule has 3 aromatic rings. The van der Waals surface area contributed by atoms with Gasteiger partial charge in [0.1, 0.15) is 5.58 Å². The maximum atomic E-state index is 13.3. The average Bonchev–Trinajstić information content (AvgIpc) is 2.75. The zero-order valence-electron chi connectivity index (χ0n) is 16.9. The van der Waals surface area contributed by atoms with E-state index >= 15 is 0 Å². The summed E-state index contributed by atoms with van der Waals surface area (Å²) in [5, 5.41) is 0.830. The van der Waals surface area contributed by atoms with Crippen molar-refractivity contribution in [2.45, 2.75) is 13.8 Å². The predicted molar refractivity (Wildman–Crippen MR) is 115 cm³/mol. The molecule has 0 atom stereocenters. The zero-order chi connectivity index (χ0) is 21.3. The average molecular weight is 428 g/mol. The Bertz CT molecular complexity index is 1160. The first-order valence-electron chi connectivity index (χ1n) is 9.77. The minimum Gasteiger partial charge on any atom is -0.476 e. The first kappa shape index (κ1) is 20.4. The molecule has 156 valence electrons. The van der Waals surface area contributed by atoms with E-state index in [4.69, 9.17) is 25.5 Å². The Morgan fingerprint density at radius 1 is 1.13 bits per heavy atom. The Kier molecular flexibility index (Phi) is 5.79. The van der Waals surface area contributed by atoms with Crippen molar-refractivity contribution < 1.29 is 18.7 Å². The van der Waals surface area contributed by atoms with Crippen molar-refractivity contribution in [3.63, 3.8) is 0 Å². The second kappa shape index (κ2) is 8.50. The van der Waals surface area contributed by atoms with Gasteiger partial charge in [0, 0.05) is 18.7 Å². The molecule has 0 aliphatic carbocycles. The van der Waals surface area contributed by atoms with Crippen molar-refractivity contribution in [3.05, 3.63) is 62.8 Å². The van der Waals surface area contributed by atoms with Crippen LogP contribution in [-0.4, -0.2) is 43.7 Å². The SMILES string of the molecule is Cc1cc2oc(-c3ccccc3Cl)c(OCC(=O)N3CCOCC3)c(=O)c2cc1C. The van der Waals surface area contributed by atoms with Crippen LogP contribution in [0.3, 0.4) is 0 Å². The summed E-state index contributed by atoms with van der Waals surface area (Å²) in [5.41, 5.74) is 2.63. The number of morpholine rings is 1. The van der Waals surface area contributed by atoms with Crippen LogP contribution in [0.15, 0.2) is 45.6 Å². The van der Waals surface area contributed by atoms with Gasteiger partial charge in [-0.15, -0.1) is 0 Å². The zero-order valence-corrected chi connectivity index (χ0v) is 17.6. The smallest absolute Gasteiger partial charge is 0.260 e. The number of ether oxygens (including phenoxy) is 2. The Hall–Kier alpha value is -2.83. The van der Waals surface area contributed by atoms with Gasteiger partial charge in [-0.2, -0.15) is 0 Å². The molecule has 2 heterocycles. The Morgan fingerprint density at radius 2 is 1.83 bits per heavy atom. The number of hydrogen-bond donors (Lipinski definition) is 0. The highest BCUT2D eigenvalue weighted by Gasteiger charge is 2.23. The lowest BCUT2D eigenvalue weighted by molar-refractivity contribution is -0.137. The van der Waals surface area contributed by atoms with Crippen LogP contribution < -0.4 is 10.2 Å². The number of carbonyl (C=O) groups is 1. The van der Waals surface area contributed by atoms with Gasteiger partial charge in [0.25, 0.3) is 5.91 Å². The molecule has 0 N–H and O–H groups in total. The molecule has 1 aliphatic rings. The second-order valence-corrected chi connectivity index (χ2v) is 7.69. The van der Waals surface area contributed by atoms with E-state index in [0.717, 1.165) is 11.1 Å². The maximum absolute atomic E-state index is 13.3. The van der Waals surface area contributed by atoms with Gasteiger partial charge in [-0.1, -0.05) is 23.7 Å². The predicted octanol–water partition coefficient (Wildman–Crippen LogP) is 3.97. The highest BCUT2D eigenvalue weighted by atomic mass is 35.5. The van der Waals surface area contributed by atoms with Gasteiger partial charge in [0.05, 0.1) is 23.6 Å². The summed E-state index contributed by atoms with van der Waals surface area (Å²) in [6.45, 7) is 5.61. The van der Waals surface area contributed by atoms with Crippen molar-refractivity contribution >= 4 is 28.5 Å². The molecular formula is C23H22ClNO5. The van der Waals surface area contributed by atoms with Crippen molar-refractivity contribution in [2.24, 2.45) is 0 Å². The van der Waals surface area contributed by atoms with E-state index in [1.54, 1.807) is 35.2 Å². The number of carbonyl (C=O) groups excluding carboxylic acids is 1. The Balaban J connectivity index is 1.79. The number of halogens is 1. The molecular weight excluding hydrogens is 406 g/mol. The molecule has 1 saturated heterocycles. The summed E-state index contributed by atoms with van der Waals surface area (Å²) in [5.74, 6) is -0.000384. The summed E-state index contributed by atoms with van der Waals surface area (Å²) in [4.78, 5) is 27.5. The van der Waals surface area contributed by atoms with E-state index in [1.807, 2.05) is 19.9 Å². The third-order valence-corrected chi connectivity index (χ3v) is 5.62. The van der Waals surface area contributed by atoms with Crippen LogP contribution in [0.2, 0.25) is 5.02 Å². The van der Waals surface area contributed by atoms with Gasteiger partial charge < -0.3 is 18.8 Å². The third kappa shape index (κ3) is 3.93. The van der Waals surface area contributed by atoms with Crippen LogP contribution in [0.4, 0.5) is 0 Å². The Labute approximate surface area is 179 Å². The minimum absolute atomic E-state index is 0.0135. The van der Waals surface area contributed by atoms with E-state index in [0.29, 0.717) is 47.9 Å². The van der Waals surface area contributed by atoms with Crippen molar-refractivity contribution in [3.8, 4) is 17.1 Å². The molecule has 1 aliphatic heterocycles. The highest BCUT2D eigenvalue weighted by Crippen LogP contribution is 2.35. The van der Waals surface area contributed by atoms with Crippen LogP contribution in [0, 0.1) is 13.8 Å². The normalized spacial score (nSPS) is 14.2. The summed E-state index contributed by atoms with van der Waals surface area (Å²) < 4.78 is 17.2. The highest BCUT2D eigenvalue weighted by molar-refractivity contribution is 6.33. The first-order valence-corrected chi connectivity index (χ1v) is 10.1. The van der Waals surface area contributed by atoms with Gasteiger partial charge in [-0.3, -0.25) is 9.59 Å². The summed E-state index contributed by atoms with van der Waals surface area (Å²) >= 11 is 6.37. The molecule has 0 bridgehead atoms. The van der Waals surface area contributed by atoms with Gasteiger partial charge in [-0.05, 0) is 49.2 Å². The van der Waals surface area contributed by atoms with E-state index < -0.39 is 0 Å². The van der Waals surface area contributed by atoms with Gasteiger partial charge in [-0.25, -0.2) is 0 Å². The molecule has 6 nitrogen and oxygen atoms in total. The van der Waals surface area contributed by atoms with E-state index in [1.165, 1.54) is 0 Å². The van der Waals surface area contributed by atoms with E-state index in [9.17, 15) is 9.59 Å². The molecule has 30 heavy (non-hydrogen) atoms. The summed E-state index contributed by atoms with van der Waals surface area (Å²) in [7, 11) is 0. The van der Waals surface area contributed by atoms with Crippen LogP contribution >= 0.6 is 11.6 Å². The van der Waals surface area contributed by atoms with Crippen LogP contribution in [0.5, 0.6) is 5.75 Å². The molecule has 4 rings (SSSR count). The number of nitrogens with zero attached hydrogens (tertiary/aromatic N) is 1. The molecule has 7 heteroatoms. The Morgan fingerprint density at radius 3 is 2.57 bits per heavy atom. The molecule has 1 fully saturated rings.